The molecule has 0 saturated heterocycles. The van der Waals surface area contributed by atoms with E-state index in [1.54, 1.807) is 36.8 Å². The molecule has 2 heterocycles. The van der Waals surface area contributed by atoms with Crippen molar-refractivity contribution in [3.63, 3.8) is 0 Å². The number of thiocarbonyl (C=S) groups is 1. The van der Waals surface area contributed by atoms with Crippen LogP contribution in [0.4, 0.5) is 5.82 Å². The predicted molar refractivity (Wildman–Crippen MR) is 106 cm³/mol. The molecular formula is C17H16N6O2S2. The highest BCUT2D eigenvalue weighted by Crippen LogP contribution is 2.17. The molecule has 0 aliphatic heterocycles. The molecule has 0 aliphatic rings. The van der Waals surface area contributed by atoms with Gasteiger partial charge in [0.1, 0.15) is 12.1 Å². The van der Waals surface area contributed by atoms with E-state index in [0.29, 0.717) is 17.5 Å². The molecule has 8 nitrogen and oxygen atoms in total. The third kappa shape index (κ3) is 5.26. The molecule has 0 bridgehead atoms. The highest BCUT2D eigenvalue weighted by Gasteiger charge is 2.07. The molecule has 10 heteroatoms. The van der Waals surface area contributed by atoms with E-state index in [4.69, 9.17) is 17.4 Å². The lowest BCUT2D eigenvalue weighted by atomic mass is 10.1. The van der Waals surface area contributed by atoms with Gasteiger partial charge >= 0.3 is 0 Å². The summed E-state index contributed by atoms with van der Waals surface area (Å²) in [6.45, 7) is 0.427. The van der Waals surface area contributed by atoms with Gasteiger partial charge in [0.25, 0.3) is 0 Å². The van der Waals surface area contributed by atoms with Crippen molar-refractivity contribution in [1.82, 2.24) is 20.3 Å². The molecule has 3 aromatic rings. The SMILES string of the molecule is NS(=O)(=O)c1ccc(CNC(=S)Nc2ccc(-c3cncnc3)cn2)cc1. The molecule has 0 fully saturated rings. The van der Waals surface area contributed by atoms with E-state index in [1.165, 1.54) is 18.5 Å². The molecule has 0 spiro atoms. The van der Waals surface area contributed by atoms with Crippen LogP contribution >= 0.6 is 12.2 Å². The lowest BCUT2D eigenvalue weighted by molar-refractivity contribution is 0.597. The fourth-order valence-electron chi connectivity index (χ4n) is 2.23. The van der Waals surface area contributed by atoms with Crippen LogP contribution in [0.15, 0.2) is 66.2 Å². The summed E-state index contributed by atoms with van der Waals surface area (Å²) in [5.74, 6) is 0.595. The van der Waals surface area contributed by atoms with Gasteiger partial charge in [0.05, 0.1) is 4.90 Å². The van der Waals surface area contributed by atoms with E-state index in [0.717, 1.165) is 16.7 Å². The Bertz CT molecular complexity index is 1020. The third-order valence-electron chi connectivity index (χ3n) is 3.60. The van der Waals surface area contributed by atoms with Crippen LogP contribution in [0.1, 0.15) is 5.56 Å². The third-order valence-corrected chi connectivity index (χ3v) is 4.78. The average molecular weight is 400 g/mol. The Morgan fingerprint density at radius 1 is 1.00 bits per heavy atom. The largest absolute Gasteiger partial charge is 0.358 e. The second-order valence-corrected chi connectivity index (χ2v) is 7.53. The zero-order chi connectivity index (χ0) is 19.3. The molecule has 138 valence electrons. The van der Waals surface area contributed by atoms with Gasteiger partial charge in [-0.1, -0.05) is 12.1 Å². The van der Waals surface area contributed by atoms with E-state index in [2.05, 4.69) is 25.6 Å². The zero-order valence-corrected chi connectivity index (χ0v) is 15.7. The topological polar surface area (TPSA) is 123 Å². The van der Waals surface area contributed by atoms with Crippen LogP contribution in [-0.2, 0) is 16.6 Å². The fourth-order valence-corrected chi connectivity index (χ4v) is 2.92. The van der Waals surface area contributed by atoms with Crippen molar-refractivity contribution < 1.29 is 8.42 Å². The van der Waals surface area contributed by atoms with Crippen LogP contribution in [0.3, 0.4) is 0 Å². The average Bonchev–Trinajstić information content (AvgIpc) is 2.67. The molecule has 3 rings (SSSR count). The normalized spacial score (nSPS) is 11.0. The van der Waals surface area contributed by atoms with Gasteiger partial charge < -0.3 is 10.6 Å². The minimum absolute atomic E-state index is 0.0695. The standard InChI is InChI=1S/C17H16N6O2S2/c18-27(24,25)15-4-1-12(2-5-15)7-22-17(26)23-16-6-3-13(10-21-16)14-8-19-11-20-9-14/h1-6,8-11H,7H2,(H2,18,24,25)(H2,21,22,23,26). The van der Waals surface area contributed by atoms with Crippen molar-refractivity contribution in [1.29, 1.82) is 0 Å². The molecule has 27 heavy (non-hydrogen) atoms. The Hall–Kier alpha value is -2.95. The smallest absolute Gasteiger partial charge is 0.238 e. The molecule has 0 radical (unpaired) electrons. The van der Waals surface area contributed by atoms with Crippen molar-refractivity contribution in [2.75, 3.05) is 5.32 Å². The number of pyridine rings is 1. The number of hydrogen-bond donors (Lipinski definition) is 3. The van der Waals surface area contributed by atoms with Gasteiger partial charge in [-0.3, -0.25) is 0 Å². The van der Waals surface area contributed by atoms with E-state index in [-0.39, 0.29) is 4.90 Å². The van der Waals surface area contributed by atoms with Crippen LogP contribution in [0.2, 0.25) is 0 Å². The van der Waals surface area contributed by atoms with Gasteiger partial charge in [-0.05, 0) is 42.0 Å². The molecule has 1 aromatic carbocycles. The van der Waals surface area contributed by atoms with Crippen LogP contribution in [0, 0.1) is 0 Å². The Morgan fingerprint density at radius 3 is 2.30 bits per heavy atom. The van der Waals surface area contributed by atoms with Crippen LogP contribution < -0.4 is 15.8 Å². The number of primary sulfonamides is 1. The highest BCUT2D eigenvalue weighted by atomic mass is 32.2. The molecule has 0 atom stereocenters. The molecular weight excluding hydrogens is 384 g/mol. The first kappa shape index (κ1) is 18.8. The number of sulfonamides is 1. The van der Waals surface area contributed by atoms with Gasteiger partial charge in [-0.2, -0.15) is 0 Å². The molecule has 4 N–H and O–H groups in total. The summed E-state index contributed by atoms with van der Waals surface area (Å²) < 4.78 is 22.5. The number of rotatable bonds is 5. The van der Waals surface area contributed by atoms with Crippen molar-refractivity contribution in [2.45, 2.75) is 11.4 Å². The monoisotopic (exact) mass is 400 g/mol. The maximum atomic E-state index is 11.2. The van der Waals surface area contributed by atoms with Crippen LogP contribution in [-0.4, -0.2) is 28.5 Å². The van der Waals surface area contributed by atoms with Gasteiger partial charge in [-0.15, -0.1) is 0 Å². The number of anilines is 1. The maximum absolute atomic E-state index is 11.2. The summed E-state index contributed by atoms with van der Waals surface area (Å²) in [7, 11) is -3.69. The van der Waals surface area contributed by atoms with Crippen molar-refractivity contribution >= 4 is 33.2 Å². The van der Waals surface area contributed by atoms with Crippen molar-refractivity contribution in [3.05, 3.63) is 66.9 Å². The first-order chi connectivity index (χ1) is 12.9. The molecule has 0 aliphatic carbocycles. The number of aromatic nitrogens is 3. The Kier molecular flexibility index (Phi) is 5.69. The Morgan fingerprint density at radius 2 is 1.70 bits per heavy atom. The predicted octanol–water partition coefficient (Wildman–Crippen LogP) is 1.67. The second kappa shape index (κ2) is 8.16. The summed E-state index contributed by atoms with van der Waals surface area (Å²) in [6.07, 6.45) is 6.60. The number of benzene rings is 1. The van der Waals surface area contributed by atoms with Crippen molar-refractivity contribution in [3.8, 4) is 11.1 Å². The maximum Gasteiger partial charge on any atom is 0.238 e. The molecule has 0 amide bonds. The van der Waals surface area contributed by atoms with Crippen LogP contribution in [0.5, 0.6) is 0 Å². The van der Waals surface area contributed by atoms with Gasteiger partial charge in [0, 0.05) is 36.3 Å². The second-order valence-electron chi connectivity index (χ2n) is 5.56. The lowest BCUT2D eigenvalue weighted by Crippen LogP contribution is -2.28. The molecule has 0 saturated carbocycles. The summed E-state index contributed by atoms with van der Waals surface area (Å²) >= 11 is 5.25. The highest BCUT2D eigenvalue weighted by molar-refractivity contribution is 7.89. The summed E-state index contributed by atoms with van der Waals surface area (Å²) in [4.78, 5) is 12.3. The van der Waals surface area contributed by atoms with Gasteiger partial charge in [0.2, 0.25) is 10.0 Å². The minimum Gasteiger partial charge on any atom is -0.358 e. The molecule has 2 aromatic heterocycles. The Labute approximate surface area is 161 Å². The minimum atomic E-state index is -3.69. The first-order valence-corrected chi connectivity index (χ1v) is 9.75. The number of hydrogen-bond acceptors (Lipinski definition) is 6. The summed E-state index contributed by atoms with van der Waals surface area (Å²) in [5.41, 5.74) is 2.63. The summed E-state index contributed by atoms with van der Waals surface area (Å²) in [6, 6.07) is 9.95. The van der Waals surface area contributed by atoms with Gasteiger partial charge in [0.15, 0.2) is 5.11 Å². The Balaban J connectivity index is 1.55. The first-order valence-electron chi connectivity index (χ1n) is 7.80. The zero-order valence-electron chi connectivity index (χ0n) is 14.0. The molecule has 0 unspecified atom stereocenters. The van der Waals surface area contributed by atoms with E-state index < -0.39 is 10.0 Å². The van der Waals surface area contributed by atoms with E-state index in [9.17, 15) is 8.42 Å². The van der Waals surface area contributed by atoms with E-state index >= 15 is 0 Å². The summed E-state index contributed by atoms with van der Waals surface area (Å²) in [5, 5.41) is 11.5. The van der Waals surface area contributed by atoms with Gasteiger partial charge in [-0.25, -0.2) is 28.5 Å². The fraction of sp³-hybridized carbons (Fsp3) is 0.0588. The van der Waals surface area contributed by atoms with Crippen molar-refractivity contribution in [2.24, 2.45) is 5.14 Å². The number of nitrogens with zero attached hydrogens (tertiary/aromatic N) is 3. The quantitative estimate of drug-likeness (QED) is 0.553. The van der Waals surface area contributed by atoms with E-state index in [1.807, 2.05) is 6.07 Å². The lowest BCUT2D eigenvalue weighted by Gasteiger charge is -2.10. The van der Waals surface area contributed by atoms with Crippen LogP contribution in [0.25, 0.3) is 11.1 Å². The number of nitrogens with two attached hydrogens (primary N) is 1. The number of nitrogens with one attached hydrogen (secondary N) is 2.